The minimum absolute atomic E-state index is 0.294. The van der Waals surface area contributed by atoms with Gasteiger partial charge in [-0.2, -0.15) is 0 Å². The van der Waals surface area contributed by atoms with E-state index in [1.807, 2.05) is 12.2 Å². The maximum atomic E-state index is 9.15. The first-order chi connectivity index (χ1) is 9.31. The smallest absolute Gasteiger partial charge is 0.0433 e. The Morgan fingerprint density at radius 2 is 1.89 bits per heavy atom. The predicted molar refractivity (Wildman–Crippen MR) is 84.1 cm³/mol. The van der Waals surface area contributed by atoms with Crippen LogP contribution in [-0.4, -0.2) is 11.7 Å². The van der Waals surface area contributed by atoms with Crippen molar-refractivity contribution in [3.05, 3.63) is 54.6 Å². The Bertz CT molecular complexity index is 381. The molecule has 1 unspecified atom stereocenters. The van der Waals surface area contributed by atoms with Crippen LogP contribution in [0.5, 0.6) is 0 Å². The van der Waals surface area contributed by atoms with Crippen molar-refractivity contribution in [1.82, 2.24) is 0 Å². The maximum absolute atomic E-state index is 9.15. The van der Waals surface area contributed by atoms with E-state index in [1.165, 1.54) is 24.0 Å². The Morgan fingerprint density at radius 1 is 1.11 bits per heavy atom. The van der Waals surface area contributed by atoms with Gasteiger partial charge >= 0.3 is 0 Å². The molecular formula is C18H26O. The van der Waals surface area contributed by atoms with E-state index in [4.69, 9.17) is 5.11 Å². The molecule has 0 heterocycles. The summed E-state index contributed by atoms with van der Waals surface area (Å²) in [5.74, 6) is 0.614. The summed E-state index contributed by atoms with van der Waals surface area (Å²) in [5.41, 5.74) is 2.60. The molecule has 0 aliphatic rings. The van der Waals surface area contributed by atoms with Gasteiger partial charge in [0, 0.05) is 6.61 Å². The average molecular weight is 258 g/mol. The van der Waals surface area contributed by atoms with Gasteiger partial charge in [-0.05, 0) is 49.1 Å². The first kappa shape index (κ1) is 15.7. The van der Waals surface area contributed by atoms with Gasteiger partial charge in [-0.3, -0.25) is 0 Å². The Labute approximate surface area is 117 Å². The predicted octanol–water partition coefficient (Wildman–Crippen LogP) is 4.62. The molecule has 0 spiro atoms. The van der Waals surface area contributed by atoms with Crippen molar-refractivity contribution < 1.29 is 5.11 Å². The van der Waals surface area contributed by atoms with Crippen LogP contribution < -0.4 is 0 Å². The number of aliphatic hydroxyl groups is 1. The monoisotopic (exact) mass is 258 g/mol. The van der Waals surface area contributed by atoms with E-state index in [-0.39, 0.29) is 0 Å². The quantitative estimate of drug-likeness (QED) is 0.479. The van der Waals surface area contributed by atoms with Crippen molar-refractivity contribution in [2.45, 2.75) is 38.5 Å². The first-order valence-corrected chi connectivity index (χ1v) is 7.24. The van der Waals surface area contributed by atoms with Crippen LogP contribution in [0.4, 0.5) is 0 Å². The topological polar surface area (TPSA) is 20.2 Å². The fourth-order valence-electron chi connectivity index (χ4n) is 2.49. The number of unbranched alkanes of at least 4 members (excludes halogenated alkanes) is 1. The zero-order valence-electron chi connectivity index (χ0n) is 11.9. The third-order valence-corrected chi connectivity index (χ3v) is 3.65. The van der Waals surface area contributed by atoms with Gasteiger partial charge in [0.15, 0.2) is 0 Å². The number of hydrogen-bond acceptors (Lipinski definition) is 1. The van der Waals surface area contributed by atoms with Crippen molar-refractivity contribution in [1.29, 1.82) is 0 Å². The number of rotatable bonds is 10. The van der Waals surface area contributed by atoms with Crippen LogP contribution in [0.2, 0.25) is 0 Å². The van der Waals surface area contributed by atoms with Crippen molar-refractivity contribution in [3.8, 4) is 0 Å². The number of allylic oxidation sites excluding steroid dienone is 1. The van der Waals surface area contributed by atoms with Crippen LogP contribution in [0.15, 0.2) is 43.5 Å². The molecule has 0 amide bonds. The van der Waals surface area contributed by atoms with E-state index in [2.05, 4.69) is 37.4 Å². The molecule has 0 radical (unpaired) electrons. The summed E-state index contributed by atoms with van der Waals surface area (Å²) in [7, 11) is 0. The van der Waals surface area contributed by atoms with Crippen molar-refractivity contribution in [2.75, 3.05) is 6.61 Å². The summed E-state index contributed by atoms with van der Waals surface area (Å²) in [6, 6.07) is 8.43. The van der Waals surface area contributed by atoms with Crippen molar-refractivity contribution >= 4 is 6.08 Å². The summed E-state index contributed by atoms with van der Waals surface area (Å²) in [6.07, 6.45) is 10.5. The van der Waals surface area contributed by atoms with E-state index >= 15 is 0 Å². The SMILES string of the molecule is C=CCCCC(CCO)CCc1ccccc1C=C. The fraction of sp³-hybridized carbons (Fsp3) is 0.444. The lowest BCUT2D eigenvalue weighted by Gasteiger charge is -2.16. The third kappa shape index (κ3) is 5.89. The molecule has 1 rings (SSSR count). The van der Waals surface area contributed by atoms with Crippen LogP contribution in [0, 0.1) is 5.92 Å². The molecule has 0 fully saturated rings. The largest absolute Gasteiger partial charge is 0.396 e. The standard InChI is InChI=1S/C18H26O/c1-3-5-6-9-16(14-15-19)12-13-18-11-8-7-10-17(18)4-2/h3-4,7-8,10-11,16,19H,1-2,5-6,9,12-15H2. The molecule has 0 aromatic heterocycles. The summed E-state index contributed by atoms with van der Waals surface area (Å²) >= 11 is 0. The summed E-state index contributed by atoms with van der Waals surface area (Å²) in [4.78, 5) is 0. The zero-order valence-corrected chi connectivity index (χ0v) is 11.9. The highest BCUT2D eigenvalue weighted by molar-refractivity contribution is 5.51. The highest BCUT2D eigenvalue weighted by atomic mass is 16.3. The molecule has 19 heavy (non-hydrogen) atoms. The number of benzene rings is 1. The minimum atomic E-state index is 0.294. The van der Waals surface area contributed by atoms with Crippen LogP contribution >= 0.6 is 0 Å². The molecule has 1 N–H and O–H groups in total. The molecule has 1 nitrogen and oxygen atoms in total. The number of hydrogen-bond donors (Lipinski definition) is 1. The van der Waals surface area contributed by atoms with E-state index in [0.717, 1.165) is 25.7 Å². The molecule has 0 bridgehead atoms. The third-order valence-electron chi connectivity index (χ3n) is 3.65. The molecule has 0 saturated carbocycles. The first-order valence-electron chi connectivity index (χ1n) is 7.24. The van der Waals surface area contributed by atoms with Crippen LogP contribution in [0.3, 0.4) is 0 Å². The Morgan fingerprint density at radius 3 is 2.58 bits per heavy atom. The van der Waals surface area contributed by atoms with Gasteiger partial charge in [0.05, 0.1) is 0 Å². The molecule has 1 atom stereocenters. The second-order valence-electron chi connectivity index (χ2n) is 5.04. The fourth-order valence-corrected chi connectivity index (χ4v) is 2.49. The second-order valence-corrected chi connectivity index (χ2v) is 5.04. The number of aryl methyl sites for hydroxylation is 1. The van der Waals surface area contributed by atoms with E-state index in [0.29, 0.717) is 12.5 Å². The van der Waals surface area contributed by atoms with Gasteiger partial charge in [0.1, 0.15) is 0 Å². The molecule has 0 aliphatic heterocycles. The van der Waals surface area contributed by atoms with Gasteiger partial charge in [-0.25, -0.2) is 0 Å². The Kier molecular flexibility index (Phi) is 7.92. The highest BCUT2D eigenvalue weighted by Gasteiger charge is 2.09. The molecule has 104 valence electrons. The van der Waals surface area contributed by atoms with Gasteiger partial charge in [-0.15, -0.1) is 6.58 Å². The lowest BCUT2D eigenvalue weighted by molar-refractivity contribution is 0.245. The lowest BCUT2D eigenvalue weighted by Crippen LogP contribution is -2.05. The van der Waals surface area contributed by atoms with Gasteiger partial charge in [0.2, 0.25) is 0 Å². The second kappa shape index (κ2) is 9.57. The minimum Gasteiger partial charge on any atom is -0.396 e. The molecule has 1 aromatic carbocycles. The summed E-state index contributed by atoms with van der Waals surface area (Å²) in [6.45, 7) is 7.92. The van der Waals surface area contributed by atoms with Gasteiger partial charge in [0.25, 0.3) is 0 Å². The van der Waals surface area contributed by atoms with Crippen LogP contribution in [0.1, 0.15) is 43.2 Å². The molecule has 1 aromatic rings. The maximum Gasteiger partial charge on any atom is 0.0433 e. The summed E-state index contributed by atoms with van der Waals surface area (Å²) in [5, 5.41) is 9.15. The van der Waals surface area contributed by atoms with Crippen LogP contribution in [0.25, 0.3) is 6.08 Å². The lowest BCUT2D eigenvalue weighted by atomic mass is 9.90. The Balaban J connectivity index is 2.49. The molecule has 0 aliphatic carbocycles. The van der Waals surface area contributed by atoms with Crippen molar-refractivity contribution in [3.63, 3.8) is 0 Å². The van der Waals surface area contributed by atoms with Gasteiger partial charge in [-0.1, -0.05) is 49.4 Å². The average Bonchev–Trinajstić information content (AvgIpc) is 2.45. The zero-order chi connectivity index (χ0) is 13.9. The van der Waals surface area contributed by atoms with E-state index in [9.17, 15) is 0 Å². The highest BCUT2D eigenvalue weighted by Crippen LogP contribution is 2.21. The van der Waals surface area contributed by atoms with E-state index in [1.54, 1.807) is 0 Å². The Hall–Kier alpha value is -1.34. The molecule has 1 heteroatoms. The van der Waals surface area contributed by atoms with E-state index < -0.39 is 0 Å². The van der Waals surface area contributed by atoms with Gasteiger partial charge < -0.3 is 5.11 Å². The summed E-state index contributed by atoms with van der Waals surface area (Å²) < 4.78 is 0. The number of aliphatic hydroxyl groups excluding tert-OH is 1. The van der Waals surface area contributed by atoms with Crippen LogP contribution in [-0.2, 0) is 6.42 Å². The normalized spacial score (nSPS) is 12.1. The van der Waals surface area contributed by atoms with Crippen molar-refractivity contribution in [2.24, 2.45) is 5.92 Å². The molecular weight excluding hydrogens is 232 g/mol. The molecule has 0 saturated heterocycles.